The maximum absolute atomic E-state index is 12.9. The van der Waals surface area contributed by atoms with E-state index in [1.807, 2.05) is 25.1 Å². The number of aliphatic carboxylic acids is 1. The van der Waals surface area contributed by atoms with E-state index in [9.17, 15) is 27.9 Å². The molecule has 4 rings (SSSR count). The van der Waals surface area contributed by atoms with E-state index in [2.05, 4.69) is 53.2 Å². The quantitative estimate of drug-likeness (QED) is 0.375. The van der Waals surface area contributed by atoms with E-state index >= 15 is 0 Å². The fourth-order valence-electron chi connectivity index (χ4n) is 4.39. The number of hydrogen-bond donors (Lipinski definition) is 3. The van der Waals surface area contributed by atoms with E-state index in [4.69, 9.17) is 9.90 Å². The van der Waals surface area contributed by atoms with E-state index in [0.717, 1.165) is 30.9 Å². The van der Waals surface area contributed by atoms with E-state index < -0.39 is 18.1 Å². The Morgan fingerprint density at radius 2 is 1.50 bits per heavy atom. The van der Waals surface area contributed by atoms with Crippen molar-refractivity contribution >= 4 is 34.9 Å². The summed E-state index contributed by atoms with van der Waals surface area (Å²) in [5.74, 6) is -4.04. The Hall–Kier alpha value is -4.54. The standard InChI is InChI=1S/C27H29N3O3.C2HF3O2/c1-18-6-4-8-21(14-18)26(31)28-24-16-22(27(32)33)10-11-25(24)29-12-13-30(20(3)17-29)23-9-5-7-19(2)15-23;3-2(4,5)1(6)7/h4-11,14-16,20H,12-13,17H2,1-3H3,(H,28,31)(H,32,33);(H,6,7). The van der Waals surface area contributed by atoms with Gasteiger partial charge in [-0.2, -0.15) is 13.2 Å². The van der Waals surface area contributed by atoms with E-state index in [1.165, 1.54) is 11.3 Å². The molecule has 3 aromatic carbocycles. The maximum Gasteiger partial charge on any atom is 0.490 e. The predicted octanol–water partition coefficient (Wildman–Crippen LogP) is 5.60. The molecule has 1 amide bonds. The molecule has 3 aromatic rings. The number of alkyl halides is 3. The molecule has 0 aliphatic carbocycles. The molecule has 0 bridgehead atoms. The summed E-state index contributed by atoms with van der Waals surface area (Å²) in [5.41, 5.74) is 5.45. The number of hydrogen-bond acceptors (Lipinski definition) is 5. The molecule has 1 aliphatic rings. The Morgan fingerprint density at radius 1 is 0.875 bits per heavy atom. The van der Waals surface area contributed by atoms with Crippen LogP contribution in [0.15, 0.2) is 66.7 Å². The number of halogens is 3. The molecule has 1 unspecified atom stereocenters. The highest BCUT2D eigenvalue weighted by molar-refractivity contribution is 6.07. The second kappa shape index (κ2) is 12.5. The predicted molar refractivity (Wildman–Crippen MR) is 146 cm³/mol. The van der Waals surface area contributed by atoms with Gasteiger partial charge < -0.3 is 25.3 Å². The van der Waals surface area contributed by atoms with Gasteiger partial charge in [-0.3, -0.25) is 4.79 Å². The third-order valence-corrected chi connectivity index (χ3v) is 6.32. The van der Waals surface area contributed by atoms with Crippen LogP contribution in [0, 0.1) is 13.8 Å². The van der Waals surface area contributed by atoms with Crippen molar-refractivity contribution in [2.24, 2.45) is 0 Å². The Labute approximate surface area is 229 Å². The van der Waals surface area contributed by atoms with Crippen LogP contribution in [0.3, 0.4) is 0 Å². The summed E-state index contributed by atoms with van der Waals surface area (Å²) in [6, 6.07) is 21.0. The Morgan fingerprint density at radius 3 is 2.05 bits per heavy atom. The third kappa shape index (κ3) is 7.75. The molecular formula is C29H30F3N3O5. The minimum absolute atomic E-state index is 0.143. The van der Waals surface area contributed by atoms with Gasteiger partial charge in [0.1, 0.15) is 0 Å². The van der Waals surface area contributed by atoms with Gasteiger partial charge in [0.15, 0.2) is 0 Å². The second-order valence-electron chi connectivity index (χ2n) is 9.49. The summed E-state index contributed by atoms with van der Waals surface area (Å²) in [6.45, 7) is 8.56. The number of rotatable bonds is 5. The molecule has 1 aliphatic heterocycles. The van der Waals surface area contributed by atoms with Crippen molar-refractivity contribution in [3.8, 4) is 0 Å². The fourth-order valence-corrected chi connectivity index (χ4v) is 4.39. The van der Waals surface area contributed by atoms with E-state index in [0.29, 0.717) is 11.3 Å². The molecule has 8 nitrogen and oxygen atoms in total. The lowest BCUT2D eigenvalue weighted by molar-refractivity contribution is -0.192. The number of nitrogens with one attached hydrogen (secondary N) is 1. The van der Waals surface area contributed by atoms with Gasteiger partial charge in [-0.05, 0) is 68.8 Å². The molecule has 3 N–H and O–H groups in total. The van der Waals surface area contributed by atoms with Crippen LogP contribution in [0.2, 0.25) is 0 Å². The highest BCUT2D eigenvalue weighted by atomic mass is 19.4. The normalized spacial score (nSPS) is 15.1. The molecule has 0 spiro atoms. The van der Waals surface area contributed by atoms with Crippen molar-refractivity contribution < 1.29 is 37.8 Å². The number of carbonyl (C=O) groups is 3. The van der Waals surface area contributed by atoms with Gasteiger partial charge in [0.2, 0.25) is 0 Å². The molecule has 1 fully saturated rings. The van der Waals surface area contributed by atoms with Crippen LogP contribution in [0.1, 0.15) is 38.8 Å². The molecule has 11 heteroatoms. The largest absolute Gasteiger partial charge is 0.490 e. The van der Waals surface area contributed by atoms with Crippen LogP contribution >= 0.6 is 0 Å². The summed E-state index contributed by atoms with van der Waals surface area (Å²) in [5, 5.41) is 19.6. The number of carboxylic acids is 2. The first-order valence-corrected chi connectivity index (χ1v) is 12.4. The lowest BCUT2D eigenvalue weighted by atomic mass is 10.1. The maximum atomic E-state index is 12.9. The van der Waals surface area contributed by atoms with Gasteiger partial charge >= 0.3 is 18.1 Å². The monoisotopic (exact) mass is 557 g/mol. The molecule has 1 atom stereocenters. The molecule has 1 heterocycles. The molecule has 40 heavy (non-hydrogen) atoms. The molecular weight excluding hydrogens is 527 g/mol. The number of carbonyl (C=O) groups excluding carboxylic acids is 1. The van der Waals surface area contributed by atoms with Crippen molar-refractivity contribution in [3.63, 3.8) is 0 Å². The van der Waals surface area contributed by atoms with Gasteiger partial charge in [-0.1, -0.05) is 29.8 Å². The zero-order chi connectivity index (χ0) is 29.6. The second-order valence-corrected chi connectivity index (χ2v) is 9.49. The SMILES string of the molecule is Cc1cccc(C(=O)Nc2cc(C(=O)O)ccc2N2CCN(c3cccc(C)c3)C(C)C2)c1.O=C(O)C(F)(F)F. The Bertz CT molecular complexity index is 1390. The number of nitrogens with zero attached hydrogens (tertiary/aromatic N) is 2. The minimum Gasteiger partial charge on any atom is -0.478 e. The molecule has 0 aromatic heterocycles. The molecule has 212 valence electrons. The number of aromatic carboxylic acids is 1. The number of aryl methyl sites for hydroxylation is 2. The highest BCUT2D eigenvalue weighted by Crippen LogP contribution is 2.31. The van der Waals surface area contributed by atoms with Crippen molar-refractivity contribution in [1.29, 1.82) is 0 Å². The van der Waals surface area contributed by atoms with Crippen molar-refractivity contribution in [1.82, 2.24) is 0 Å². The lowest BCUT2D eigenvalue weighted by Gasteiger charge is -2.43. The first-order chi connectivity index (χ1) is 18.8. The van der Waals surface area contributed by atoms with Crippen LogP contribution in [0.25, 0.3) is 0 Å². The van der Waals surface area contributed by atoms with Crippen molar-refractivity contribution in [3.05, 3.63) is 89.0 Å². The summed E-state index contributed by atoms with van der Waals surface area (Å²) in [6.07, 6.45) is -5.08. The van der Waals surface area contributed by atoms with Crippen LogP contribution in [-0.4, -0.2) is 59.9 Å². The number of amides is 1. The lowest BCUT2D eigenvalue weighted by Crippen LogP contribution is -2.52. The first kappa shape index (κ1) is 30.0. The first-order valence-electron chi connectivity index (χ1n) is 12.4. The van der Waals surface area contributed by atoms with Gasteiger partial charge in [0.25, 0.3) is 5.91 Å². The summed E-state index contributed by atoms with van der Waals surface area (Å²) >= 11 is 0. The van der Waals surface area contributed by atoms with Crippen molar-refractivity contribution in [2.45, 2.75) is 33.0 Å². The number of piperazine rings is 1. The number of benzene rings is 3. The average Bonchev–Trinajstić information content (AvgIpc) is 2.88. The summed E-state index contributed by atoms with van der Waals surface area (Å²) in [4.78, 5) is 38.0. The average molecular weight is 558 g/mol. The summed E-state index contributed by atoms with van der Waals surface area (Å²) in [7, 11) is 0. The highest BCUT2D eigenvalue weighted by Gasteiger charge is 2.38. The van der Waals surface area contributed by atoms with E-state index in [-0.39, 0.29) is 17.5 Å². The Kier molecular flexibility index (Phi) is 9.41. The van der Waals surface area contributed by atoms with E-state index in [1.54, 1.807) is 24.3 Å². The smallest absolute Gasteiger partial charge is 0.478 e. The molecule has 1 saturated heterocycles. The third-order valence-electron chi connectivity index (χ3n) is 6.32. The number of anilines is 3. The summed E-state index contributed by atoms with van der Waals surface area (Å²) < 4.78 is 31.7. The Balaban J connectivity index is 0.000000559. The zero-order valence-electron chi connectivity index (χ0n) is 22.2. The van der Waals surface area contributed by atoms with Crippen molar-refractivity contribution in [2.75, 3.05) is 34.8 Å². The molecule has 0 radical (unpaired) electrons. The zero-order valence-corrected chi connectivity index (χ0v) is 22.2. The molecule has 0 saturated carbocycles. The van der Waals surface area contributed by atoms with Crippen LogP contribution < -0.4 is 15.1 Å². The van der Waals surface area contributed by atoms with Crippen LogP contribution in [0.5, 0.6) is 0 Å². The fraction of sp³-hybridized carbons (Fsp3) is 0.276. The van der Waals surface area contributed by atoms with Gasteiger partial charge in [0, 0.05) is 36.9 Å². The number of carboxylic acid groups (broad SMARTS) is 2. The minimum atomic E-state index is -5.08. The van der Waals surface area contributed by atoms with Gasteiger partial charge in [-0.15, -0.1) is 0 Å². The van der Waals surface area contributed by atoms with Gasteiger partial charge in [-0.25, -0.2) is 9.59 Å². The van der Waals surface area contributed by atoms with Gasteiger partial charge in [0.05, 0.1) is 16.9 Å². The topological polar surface area (TPSA) is 110 Å². The van der Waals surface area contributed by atoms with Crippen LogP contribution in [0.4, 0.5) is 30.2 Å². The van der Waals surface area contributed by atoms with Crippen LogP contribution in [-0.2, 0) is 4.79 Å².